The number of pyridine rings is 1. The van der Waals surface area contributed by atoms with Crippen molar-refractivity contribution in [2.45, 2.75) is 18.4 Å². The lowest BCUT2D eigenvalue weighted by molar-refractivity contribution is -0.0892. The topological polar surface area (TPSA) is 65.9 Å². The molecule has 2 N–H and O–H groups in total. The van der Waals surface area contributed by atoms with Crippen molar-refractivity contribution < 1.29 is 28.0 Å². The summed E-state index contributed by atoms with van der Waals surface area (Å²) < 4.78 is 48.1. The first kappa shape index (κ1) is 16.0. The monoisotopic (exact) mass is 323 g/mol. The van der Waals surface area contributed by atoms with Crippen molar-refractivity contribution in [1.29, 1.82) is 0 Å². The van der Waals surface area contributed by atoms with Crippen molar-refractivity contribution in [3.8, 4) is 0 Å². The molecule has 1 aliphatic rings. The predicted octanol–water partition coefficient (Wildman–Crippen LogP) is 1.23. The van der Waals surface area contributed by atoms with Crippen molar-refractivity contribution >= 4 is 12.6 Å². The second-order valence-corrected chi connectivity index (χ2v) is 5.50. The quantitative estimate of drug-likeness (QED) is 0.656. The van der Waals surface area contributed by atoms with Gasteiger partial charge < -0.3 is 14.8 Å². The molecule has 1 aromatic carbocycles. The summed E-state index contributed by atoms with van der Waals surface area (Å²) in [5.41, 5.74) is -1.85. The fourth-order valence-electron chi connectivity index (χ4n) is 2.61. The van der Waals surface area contributed by atoms with Gasteiger partial charge in [0, 0.05) is 11.7 Å². The number of rotatable bonds is 4. The molecule has 0 radical (unpaired) electrons. The third kappa shape index (κ3) is 2.52. The van der Waals surface area contributed by atoms with Gasteiger partial charge in [-0.05, 0) is 36.2 Å². The Bertz CT molecular complexity index is 733. The fraction of sp³-hybridized carbons (Fsp3) is 0.267. The second-order valence-electron chi connectivity index (χ2n) is 5.50. The molecule has 1 fully saturated rings. The standard InChI is InChI=1S/C15H13BF3NO3/c1-9-6-11(17)3-4-12(9)14(8-23-14)15(18,19)13-5-2-10(7-20-13)16(21)22/h2-7,21-22H,8H2,1H3. The average molecular weight is 323 g/mol. The molecule has 4 nitrogen and oxygen atoms in total. The molecule has 1 aliphatic heterocycles. The SMILES string of the molecule is Cc1cc(F)ccc1C1(C(F)(F)c2ccc(B(O)O)cn2)CO1. The highest BCUT2D eigenvalue weighted by molar-refractivity contribution is 6.58. The zero-order chi connectivity index (χ0) is 16.8. The number of epoxide rings is 1. The molecule has 2 heterocycles. The minimum absolute atomic E-state index is 0.00766. The maximum Gasteiger partial charge on any atom is 0.490 e. The van der Waals surface area contributed by atoms with Gasteiger partial charge in [-0.1, -0.05) is 12.1 Å². The number of nitrogens with zero attached hydrogens (tertiary/aromatic N) is 1. The largest absolute Gasteiger partial charge is 0.490 e. The fourth-order valence-corrected chi connectivity index (χ4v) is 2.61. The molecule has 0 saturated carbocycles. The molecule has 120 valence electrons. The van der Waals surface area contributed by atoms with Crippen molar-refractivity contribution in [2.24, 2.45) is 0 Å². The Labute approximate surface area is 130 Å². The Morgan fingerprint density at radius 3 is 2.43 bits per heavy atom. The van der Waals surface area contributed by atoms with E-state index in [1.165, 1.54) is 19.1 Å². The molecule has 1 saturated heterocycles. The van der Waals surface area contributed by atoms with Crippen molar-refractivity contribution in [1.82, 2.24) is 4.98 Å². The highest BCUT2D eigenvalue weighted by Crippen LogP contribution is 2.56. The minimum atomic E-state index is -3.45. The van der Waals surface area contributed by atoms with E-state index in [9.17, 15) is 13.2 Å². The van der Waals surface area contributed by atoms with Crippen molar-refractivity contribution in [3.05, 3.63) is 59.2 Å². The highest BCUT2D eigenvalue weighted by atomic mass is 19.3. The molecule has 1 atom stereocenters. The van der Waals surface area contributed by atoms with E-state index in [0.717, 1.165) is 24.4 Å². The zero-order valence-electron chi connectivity index (χ0n) is 12.1. The smallest absolute Gasteiger partial charge is 0.423 e. The molecular formula is C15H13BF3NO3. The van der Waals surface area contributed by atoms with Gasteiger partial charge in [-0.25, -0.2) is 4.39 Å². The number of alkyl halides is 2. The summed E-state index contributed by atoms with van der Waals surface area (Å²) >= 11 is 0. The molecule has 8 heteroatoms. The van der Waals surface area contributed by atoms with Crippen LogP contribution in [0.1, 0.15) is 16.8 Å². The first-order valence-corrected chi connectivity index (χ1v) is 6.89. The van der Waals surface area contributed by atoms with E-state index in [-0.39, 0.29) is 17.6 Å². The van der Waals surface area contributed by atoms with Crippen LogP contribution in [0.15, 0.2) is 36.5 Å². The molecule has 1 aromatic heterocycles. The zero-order valence-corrected chi connectivity index (χ0v) is 12.1. The summed E-state index contributed by atoms with van der Waals surface area (Å²) in [5, 5.41) is 18.0. The van der Waals surface area contributed by atoms with Gasteiger partial charge in [-0.2, -0.15) is 8.78 Å². The van der Waals surface area contributed by atoms with E-state index in [0.29, 0.717) is 5.56 Å². The maximum absolute atomic E-state index is 14.9. The van der Waals surface area contributed by atoms with Crippen LogP contribution in [0, 0.1) is 12.7 Å². The van der Waals surface area contributed by atoms with E-state index >= 15 is 0 Å². The molecule has 3 rings (SSSR count). The Kier molecular flexibility index (Phi) is 3.70. The first-order chi connectivity index (χ1) is 10.8. The van der Waals surface area contributed by atoms with Gasteiger partial charge in [0.2, 0.25) is 0 Å². The van der Waals surface area contributed by atoms with Crippen LogP contribution in [0.5, 0.6) is 0 Å². The summed E-state index contributed by atoms with van der Waals surface area (Å²) in [6.45, 7) is 1.33. The lowest BCUT2D eigenvalue weighted by Crippen LogP contribution is -2.36. The van der Waals surface area contributed by atoms with Crippen molar-refractivity contribution in [2.75, 3.05) is 6.61 Å². The van der Waals surface area contributed by atoms with Crippen LogP contribution in [0.4, 0.5) is 13.2 Å². The normalized spacial score (nSPS) is 20.4. The van der Waals surface area contributed by atoms with Gasteiger partial charge in [-0.15, -0.1) is 0 Å². The van der Waals surface area contributed by atoms with E-state index in [2.05, 4.69) is 4.98 Å². The number of ether oxygens (including phenoxy) is 1. The van der Waals surface area contributed by atoms with Crippen LogP contribution >= 0.6 is 0 Å². The van der Waals surface area contributed by atoms with Gasteiger partial charge in [0.1, 0.15) is 11.5 Å². The van der Waals surface area contributed by atoms with Gasteiger partial charge in [-0.3, -0.25) is 4.98 Å². The summed E-state index contributed by atoms with van der Waals surface area (Å²) in [5.74, 6) is -3.96. The molecular weight excluding hydrogens is 310 g/mol. The summed E-state index contributed by atoms with van der Waals surface area (Å²) in [7, 11) is -1.78. The summed E-state index contributed by atoms with van der Waals surface area (Å²) in [6.07, 6.45) is 0.974. The van der Waals surface area contributed by atoms with Gasteiger partial charge in [0.05, 0.1) is 6.61 Å². The maximum atomic E-state index is 14.9. The Hall–Kier alpha value is -1.90. The summed E-state index contributed by atoms with van der Waals surface area (Å²) in [4.78, 5) is 3.63. The van der Waals surface area contributed by atoms with Crippen LogP contribution < -0.4 is 5.46 Å². The van der Waals surface area contributed by atoms with Gasteiger partial charge in [0.15, 0.2) is 5.60 Å². The highest BCUT2D eigenvalue weighted by Gasteiger charge is 2.67. The van der Waals surface area contributed by atoms with Gasteiger partial charge in [0.25, 0.3) is 0 Å². The second kappa shape index (κ2) is 5.33. The number of hydrogen-bond acceptors (Lipinski definition) is 4. The number of aryl methyl sites for hydroxylation is 1. The van der Waals surface area contributed by atoms with Crippen LogP contribution in [0.25, 0.3) is 0 Å². The van der Waals surface area contributed by atoms with Crippen LogP contribution in [0.2, 0.25) is 0 Å². The van der Waals surface area contributed by atoms with Crippen LogP contribution in [-0.4, -0.2) is 28.8 Å². The predicted molar refractivity (Wildman–Crippen MR) is 76.7 cm³/mol. The van der Waals surface area contributed by atoms with Crippen molar-refractivity contribution in [3.63, 3.8) is 0 Å². The van der Waals surface area contributed by atoms with Crippen LogP contribution in [-0.2, 0) is 16.3 Å². The minimum Gasteiger partial charge on any atom is -0.423 e. The number of hydrogen-bond donors (Lipinski definition) is 2. The van der Waals surface area contributed by atoms with E-state index < -0.39 is 30.2 Å². The molecule has 0 bridgehead atoms. The lowest BCUT2D eigenvalue weighted by Gasteiger charge is -2.25. The molecule has 0 aliphatic carbocycles. The Morgan fingerprint density at radius 1 is 1.26 bits per heavy atom. The third-order valence-corrected chi connectivity index (χ3v) is 3.97. The Morgan fingerprint density at radius 2 is 1.96 bits per heavy atom. The summed E-state index contributed by atoms with van der Waals surface area (Å²) in [6, 6.07) is 5.76. The molecule has 0 spiro atoms. The molecule has 23 heavy (non-hydrogen) atoms. The molecule has 0 amide bonds. The number of aromatic nitrogens is 1. The van der Waals surface area contributed by atoms with E-state index in [1.807, 2.05) is 0 Å². The van der Waals surface area contributed by atoms with Gasteiger partial charge >= 0.3 is 13.0 Å². The number of halogens is 3. The average Bonchev–Trinajstić information content (AvgIpc) is 3.29. The molecule has 2 aromatic rings. The number of benzene rings is 1. The van der Waals surface area contributed by atoms with Crippen LogP contribution in [0.3, 0.4) is 0 Å². The molecule has 1 unspecified atom stereocenters. The third-order valence-electron chi connectivity index (χ3n) is 3.97. The Balaban J connectivity index is 2.01. The lowest BCUT2D eigenvalue weighted by atomic mass is 9.81. The van der Waals surface area contributed by atoms with E-state index in [1.54, 1.807) is 0 Å². The first-order valence-electron chi connectivity index (χ1n) is 6.89. The van der Waals surface area contributed by atoms with E-state index in [4.69, 9.17) is 14.8 Å².